The summed E-state index contributed by atoms with van der Waals surface area (Å²) in [6.45, 7) is 3.76. The highest BCUT2D eigenvalue weighted by Gasteiger charge is 2.33. The lowest BCUT2D eigenvalue weighted by molar-refractivity contribution is 0.0819. The van der Waals surface area contributed by atoms with Crippen LogP contribution in [0.25, 0.3) is 0 Å². The van der Waals surface area contributed by atoms with Crippen LogP contribution in [0.1, 0.15) is 24.2 Å². The summed E-state index contributed by atoms with van der Waals surface area (Å²) < 4.78 is 6.81. The number of carbonyl (C=O) groups is 1. The zero-order chi connectivity index (χ0) is 13.2. The Hall–Kier alpha value is -2.10. The minimum Gasteiger partial charge on any atom is -0.496 e. The van der Waals surface area contributed by atoms with E-state index in [1.807, 2.05) is 38.1 Å². The van der Waals surface area contributed by atoms with Crippen LogP contribution in [-0.2, 0) is 5.41 Å². The van der Waals surface area contributed by atoms with Crippen molar-refractivity contribution in [3.63, 3.8) is 0 Å². The highest BCUT2D eigenvalue weighted by atomic mass is 16.5. The van der Waals surface area contributed by atoms with Gasteiger partial charge in [0.2, 0.25) is 5.91 Å². The Bertz CT molecular complexity index is 545. The Morgan fingerprint density at radius 3 is 2.67 bits per heavy atom. The van der Waals surface area contributed by atoms with Crippen LogP contribution in [0, 0.1) is 0 Å². The smallest absolute Gasteiger partial charge is 0.242 e. The van der Waals surface area contributed by atoms with E-state index in [0.717, 1.165) is 11.3 Å². The number of carbonyl (C=O) groups excluding carboxylic acids is 1. The predicted molar refractivity (Wildman–Crippen MR) is 68.9 cm³/mol. The average molecular weight is 244 g/mol. The fraction of sp³-hybridized carbons (Fsp3) is 0.286. The molecule has 0 saturated heterocycles. The maximum Gasteiger partial charge on any atom is 0.242 e. The Morgan fingerprint density at radius 2 is 2.06 bits per heavy atom. The molecule has 0 fully saturated rings. The van der Waals surface area contributed by atoms with Crippen LogP contribution in [0.2, 0.25) is 0 Å². The molecule has 1 aromatic heterocycles. The number of methoxy groups -OCH3 is 1. The number of hydrogen-bond acceptors (Lipinski definition) is 3. The predicted octanol–water partition coefficient (Wildman–Crippen LogP) is 2.51. The van der Waals surface area contributed by atoms with Gasteiger partial charge in [0.25, 0.3) is 0 Å². The maximum absolute atomic E-state index is 12.5. The highest BCUT2D eigenvalue weighted by molar-refractivity contribution is 5.90. The van der Waals surface area contributed by atoms with E-state index in [1.165, 1.54) is 10.9 Å². The lowest BCUT2D eigenvalue weighted by Crippen LogP contribution is -2.33. The Morgan fingerprint density at radius 1 is 1.33 bits per heavy atom. The third kappa shape index (κ3) is 2.01. The summed E-state index contributed by atoms with van der Waals surface area (Å²) in [6.07, 6.45) is 4.76. The summed E-state index contributed by atoms with van der Waals surface area (Å²) in [6, 6.07) is 7.56. The minimum absolute atomic E-state index is 0.0375. The van der Waals surface area contributed by atoms with E-state index in [1.54, 1.807) is 19.5 Å². The van der Waals surface area contributed by atoms with Gasteiger partial charge in [-0.25, -0.2) is 4.98 Å². The van der Waals surface area contributed by atoms with Crippen molar-refractivity contribution in [2.75, 3.05) is 7.11 Å². The van der Waals surface area contributed by atoms with E-state index < -0.39 is 5.41 Å². The molecule has 0 amide bonds. The van der Waals surface area contributed by atoms with E-state index >= 15 is 0 Å². The van der Waals surface area contributed by atoms with E-state index in [4.69, 9.17) is 4.74 Å². The van der Waals surface area contributed by atoms with Crippen molar-refractivity contribution in [2.24, 2.45) is 0 Å². The number of imidazole rings is 1. The molecule has 1 aromatic carbocycles. The number of ether oxygens (including phenoxy) is 1. The second-order valence-corrected chi connectivity index (χ2v) is 4.60. The fourth-order valence-electron chi connectivity index (χ4n) is 1.98. The van der Waals surface area contributed by atoms with Crippen LogP contribution in [0.5, 0.6) is 5.75 Å². The van der Waals surface area contributed by atoms with Gasteiger partial charge in [-0.2, -0.15) is 0 Å². The molecule has 4 heteroatoms. The Labute approximate surface area is 106 Å². The van der Waals surface area contributed by atoms with Gasteiger partial charge in [-0.15, -0.1) is 0 Å². The molecule has 18 heavy (non-hydrogen) atoms. The highest BCUT2D eigenvalue weighted by Crippen LogP contribution is 2.32. The van der Waals surface area contributed by atoms with Gasteiger partial charge in [0.15, 0.2) is 0 Å². The molecular weight excluding hydrogens is 228 g/mol. The number of nitrogens with zero attached hydrogens (tertiary/aromatic N) is 2. The molecule has 0 aliphatic heterocycles. The lowest BCUT2D eigenvalue weighted by atomic mass is 9.83. The van der Waals surface area contributed by atoms with Gasteiger partial charge in [-0.3, -0.25) is 9.36 Å². The quantitative estimate of drug-likeness (QED) is 0.833. The van der Waals surface area contributed by atoms with Crippen LogP contribution in [-0.4, -0.2) is 22.6 Å². The number of para-hydroxylation sites is 1. The zero-order valence-corrected chi connectivity index (χ0v) is 10.8. The van der Waals surface area contributed by atoms with Crippen LogP contribution >= 0.6 is 0 Å². The van der Waals surface area contributed by atoms with E-state index in [-0.39, 0.29) is 5.91 Å². The third-order valence-electron chi connectivity index (χ3n) is 3.05. The second kappa shape index (κ2) is 4.64. The largest absolute Gasteiger partial charge is 0.496 e. The van der Waals surface area contributed by atoms with Crippen LogP contribution in [0.15, 0.2) is 43.0 Å². The first kappa shape index (κ1) is 12.4. The summed E-state index contributed by atoms with van der Waals surface area (Å²) in [4.78, 5) is 16.4. The zero-order valence-electron chi connectivity index (χ0n) is 10.8. The van der Waals surface area contributed by atoms with Gasteiger partial charge in [0.1, 0.15) is 12.1 Å². The summed E-state index contributed by atoms with van der Waals surface area (Å²) in [7, 11) is 1.61. The molecule has 1 heterocycles. The number of rotatable bonds is 3. The molecule has 2 rings (SSSR count). The van der Waals surface area contributed by atoms with Crippen molar-refractivity contribution in [1.29, 1.82) is 0 Å². The molecule has 2 aromatic rings. The molecule has 0 atom stereocenters. The molecule has 0 radical (unpaired) electrons. The van der Waals surface area contributed by atoms with Crippen molar-refractivity contribution < 1.29 is 9.53 Å². The topological polar surface area (TPSA) is 44.1 Å². The average Bonchev–Trinajstić information content (AvgIpc) is 2.91. The van der Waals surface area contributed by atoms with E-state index in [2.05, 4.69) is 4.98 Å². The number of hydrogen-bond donors (Lipinski definition) is 0. The van der Waals surface area contributed by atoms with Gasteiger partial charge >= 0.3 is 0 Å². The SMILES string of the molecule is COc1ccccc1C(C)(C)C(=O)n1ccnc1. The Kier molecular flexibility index (Phi) is 3.19. The van der Waals surface area contributed by atoms with Gasteiger partial charge < -0.3 is 4.74 Å². The Balaban J connectivity index is 2.44. The normalized spacial score (nSPS) is 11.3. The standard InChI is InChI=1S/C14H16N2O2/c1-14(2,13(17)16-9-8-15-10-16)11-6-4-5-7-12(11)18-3/h4-10H,1-3H3. The van der Waals surface area contributed by atoms with Gasteiger partial charge in [0.05, 0.1) is 12.5 Å². The third-order valence-corrected chi connectivity index (χ3v) is 3.05. The summed E-state index contributed by atoms with van der Waals surface area (Å²) in [5.74, 6) is 0.681. The molecule has 0 N–H and O–H groups in total. The first-order valence-corrected chi connectivity index (χ1v) is 5.73. The molecular formula is C14H16N2O2. The minimum atomic E-state index is -0.673. The van der Waals surface area contributed by atoms with Gasteiger partial charge in [-0.05, 0) is 19.9 Å². The molecule has 0 unspecified atom stereocenters. The van der Waals surface area contributed by atoms with Crippen molar-refractivity contribution in [2.45, 2.75) is 19.3 Å². The van der Waals surface area contributed by atoms with Gasteiger partial charge in [0, 0.05) is 18.0 Å². The van der Waals surface area contributed by atoms with Crippen LogP contribution in [0.3, 0.4) is 0 Å². The molecule has 0 aliphatic carbocycles. The fourth-order valence-corrected chi connectivity index (χ4v) is 1.98. The first-order valence-electron chi connectivity index (χ1n) is 5.73. The summed E-state index contributed by atoms with van der Waals surface area (Å²) >= 11 is 0. The van der Waals surface area contributed by atoms with Crippen LogP contribution < -0.4 is 4.74 Å². The molecule has 4 nitrogen and oxygen atoms in total. The van der Waals surface area contributed by atoms with E-state index in [0.29, 0.717) is 0 Å². The van der Waals surface area contributed by atoms with E-state index in [9.17, 15) is 4.79 Å². The monoisotopic (exact) mass is 244 g/mol. The number of aromatic nitrogens is 2. The maximum atomic E-state index is 12.5. The molecule has 0 saturated carbocycles. The van der Waals surface area contributed by atoms with Crippen molar-refractivity contribution in [3.8, 4) is 5.75 Å². The molecule has 94 valence electrons. The summed E-state index contributed by atoms with van der Waals surface area (Å²) in [5, 5.41) is 0. The first-order chi connectivity index (χ1) is 8.57. The molecule has 0 spiro atoms. The summed E-state index contributed by atoms with van der Waals surface area (Å²) in [5.41, 5.74) is 0.194. The second-order valence-electron chi connectivity index (χ2n) is 4.60. The molecule has 0 aliphatic rings. The van der Waals surface area contributed by atoms with Crippen molar-refractivity contribution >= 4 is 5.91 Å². The molecule has 0 bridgehead atoms. The van der Waals surface area contributed by atoms with Crippen LogP contribution in [0.4, 0.5) is 0 Å². The number of benzene rings is 1. The van der Waals surface area contributed by atoms with Crippen molar-refractivity contribution in [1.82, 2.24) is 9.55 Å². The lowest BCUT2D eigenvalue weighted by Gasteiger charge is -2.25. The van der Waals surface area contributed by atoms with Crippen molar-refractivity contribution in [3.05, 3.63) is 48.5 Å². The van der Waals surface area contributed by atoms with Gasteiger partial charge in [-0.1, -0.05) is 18.2 Å².